The zero-order valence-corrected chi connectivity index (χ0v) is 9.91. The van der Waals surface area contributed by atoms with Gasteiger partial charge in [0.05, 0.1) is 13.2 Å². The van der Waals surface area contributed by atoms with Gasteiger partial charge in [-0.25, -0.2) is 4.79 Å². The van der Waals surface area contributed by atoms with Crippen LogP contribution in [0.25, 0.3) is 0 Å². The molecule has 0 aromatic carbocycles. The molecule has 0 aliphatic carbocycles. The largest absolute Gasteiger partial charge is 0.508 e. The smallest absolute Gasteiger partial charge is 0.434 e. The molecular formula is C11H22O4. The lowest BCUT2D eigenvalue weighted by Gasteiger charge is -2.20. The van der Waals surface area contributed by atoms with Gasteiger partial charge in [0.2, 0.25) is 0 Å². The molecule has 1 N–H and O–H groups in total. The average Bonchev–Trinajstić information content (AvgIpc) is 2.22. The molecule has 4 heteroatoms. The second-order valence-corrected chi connectivity index (χ2v) is 4.42. The van der Waals surface area contributed by atoms with Crippen molar-refractivity contribution in [3.63, 3.8) is 0 Å². The third-order valence-electron chi connectivity index (χ3n) is 1.98. The molecule has 0 saturated carbocycles. The summed E-state index contributed by atoms with van der Waals surface area (Å²) in [6, 6.07) is 0. The van der Waals surface area contributed by atoms with Gasteiger partial charge in [0.25, 0.3) is 0 Å². The fourth-order valence-electron chi connectivity index (χ4n) is 0.849. The van der Waals surface area contributed by atoms with Crippen molar-refractivity contribution in [2.75, 3.05) is 19.8 Å². The minimum Gasteiger partial charge on any atom is -0.434 e. The van der Waals surface area contributed by atoms with E-state index in [0.717, 1.165) is 19.3 Å². The van der Waals surface area contributed by atoms with E-state index in [2.05, 4.69) is 6.92 Å². The van der Waals surface area contributed by atoms with E-state index in [1.807, 2.05) is 13.8 Å². The van der Waals surface area contributed by atoms with Crippen molar-refractivity contribution >= 4 is 6.16 Å². The number of aliphatic hydroxyl groups is 1. The molecule has 0 fully saturated rings. The second-order valence-electron chi connectivity index (χ2n) is 4.42. The predicted molar refractivity (Wildman–Crippen MR) is 57.7 cm³/mol. The zero-order chi connectivity index (χ0) is 11.7. The van der Waals surface area contributed by atoms with Crippen LogP contribution in [-0.4, -0.2) is 31.1 Å². The van der Waals surface area contributed by atoms with E-state index in [1.165, 1.54) is 0 Å². The van der Waals surface area contributed by atoms with Crippen LogP contribution in [0.1, 0.15) is 40.0 Å². The summed E-state index contributed by atoms with van der Waals surface area (Å²) in [5.74, 6) is 0. The van der Waals surface area contributed by atoms with E-state index in [-0.39, 0.29) is 13.2 Å². The molecule has 0 radical (unpaired) electrons. The van der Waals surface area contributed by atoms with Crippen molar-refractivity contribution in [3.8, 4) is 0 Å². The number of unbranched alkanes of at least 4 members (excludes halogenated alkanes) is 2. The summed E-state index contributed by atoms with van der Waals surface area (Å²) in [5.41, 5.74) is -0.400. The molecule has 0 bridgehead atoms. The predicted octanol–water partition coefficient (Wildman–Crippen LogP) is 2.35. The van der Waals surface area contributed by atoms with Crippen molar-refractivity contribution in [1.82, 2.24) is 0 Å². The first-order chi connectivity index (χ1) is 7.02. The number of carbonyl (C=O) groups excluding carboxylic acids is 1. The molecule has 0 aliphatic heterocycles. The molecule has 0 saturated heterocycles. The first kappa shape index (κ1) is 14.2. The van der Waals surface area contributed by atoms with E-state index < -0.39 is 11.6 Å². The molecule has 0 heterocycles. The van der Waals surface area contributed by atoms with Crippen LogP contribution < -0.4 is 0 Å². The normalized spacial score (nSPS) is 11.2. The van der Waals surface area contributed by atoms with Crippen LogP contribution >= 0.6 is 0 Å². The van der Waals surface area contributed by atoms with Crippen LogP contribution in [0, 0.1) is 5.41 Å². The van der Waals surface area contributed by atoms with Crippen LogP contribution in [0.15, 0.2) is 0 Å². The van der Waals surface area contributed by atoms with E-state index in [0.29, 0.717) is 6.61 Å². The Kier molecular flexibility index (Phi) is 7.13. The van der Waals surface area contributed by atoms with Crippen LogP contribution in [0.2, 0.25) is 0 Å². The molecule has 0 aliphatic rings. The van der Waals surface area contributed by atoms with Gasteiger partial charge in [-0.05, 0) is 6.42 Å². The standard InChI is InChI=1S/C11H22O4/c1-4-5-6-7-14-10(13)15-9-11(2,3)8-12/h12H,4-9H2,1-3H3. The van der Waals surface area contributed by atoms with Crippen LogP contribution in [0.5, 0.6) is 0 Å². The molecule has 0 aromatic heterocycles. The summed E-state index contributed by atoms with van der Waals surface area (Å²) in [4.78, 5) is 11.0. The SMILES string of the molecule is CCCCCOC(=O)OCC(C)(C)CO. The number of hydrogen-bond acceptors (Lipinski definition) is 4. The van der Waals surface area contributed by atoms with E-state index in [4.69, 9.17) is 14.6 Å². The van der Waals surface area contributed by atoms with Crippen LogP contribution in [-0.2, 0) is 9.47 Å². The van der Waals surface area contributed by atoms with Gasteiger partial charge >= 0.3 is 6.16 Å². The van der Waals surface area contributed by atoms with E-state index >= 15 is 0 Å². The molecule has 4 nitrogen and oxygen atoms in total. The highest BCUT2D eigenvalue weighted by atomic mass is 16.7. The Morgan fingerprint density at radius 1 is 1.27 bits per heavy atom. The van der Waals surface area contributed by atoms with Gasteiger partial charge in [-0.1, -0.05) is 33.6 Å². The van der Waals surface area contributed by atoms with Gasteiger partial charge in [-0.3, -0.25) is 0 Å². The van der Waals surface area contributed by atoms with Crippen molar-refractivity contribution in [1.29, 1.82) is 0 Å². The van der Waals surface area contributed by atoms with E-state index in [9.17, 15) is 4.79 Å². The highest BCUT2D eigenvalue weighted by Crippen LogP contribution is 2.13. The Balaban J connectivity index is 3.49. The number of ether oxygens (including phenoxy) is 2. The van der Waals surface area contributed by atoms with Crippen molar-refractivity contribution in [3.05, 3.63) is 0 Å². The summed E-state index contributed by atoms with van der Waals surface area (Å²) >= 11 is 0. The van der Waals surface area contributed by atoms with Crippen molar-refractivity contribution in [2.45, 2.75) is 40.0 Å². The number of rotatable bonds is 7. The van der Waals surface area contributed by atoms with Gasteiger partial charge in [0.15, 0.2) is 0 Å². The van der Waals surface area contributed by atoms with Crippen LogP contribution in [0.3, 0.4) is 0 Å². The first-order valence-electron chi connectivity index (χ1n) is 5.42. The molecule has 0 spiro atoms. The van der Waals surface area contributed by atoms with Gasteiger partial charge in [0, 0.05) is 5.41 Å². The van der Waals surface area contributed by atoms with Gasteiger partial charge < -0.3 is 14.6 Å². The van der Waals surface area contributed by atoms with Crippen molar-refractivity contribution in [2.24, 2.45) is 5.41 Å². The molecular weight excluding hydrogens is 196 g/mol. The van der Waals surface area contributed by atoms with Gasteiger partial charge in [0.1, 0.15) is 6.61 Å². The molecule has 0 unspecified atom stereocenters. The topological polar surface area (TPSA) is 55.8 Å². The third-order valence-corrected chi connectivity index (χ3v) is 1.98. The molecule has 0 rings (SSSR count). The number of carbonyl (C=O) groups is 1. The van der Waals surface area contributed by atoms with Crippen LogP contribution in [0.4, 0.5) is 4.79 Å². The molecule has 0 atom stereocenters. The maximum atomic E-state index is 11.0. The van der Waals surface area contributed by atoms with Crippen molar-refractivity contribution < 1.29 is 19.4 Å². The Bertz CT molecular complexity index is 177. The maximum absolute atomic E-state index is 11.0. The maximum Gasteiger partial charge on any atom is 0.508 e. The summed E-state index contributed by atoms with van der Waals surface area (Å²) in [6.45, 7) is 6.29. The fourth-order valence-corrected chi connectivity index (χ4v) is 0.849. The van der Waals surface area contributed by atoms with Gasteiger partial charge in [-0.15, -0.1) is 0 Å². The highest BCUT2D eigenvalue weighted by Gasteiger charge is 2.19. The Labute approximate surface area is 91.6 Å². The lowest BCUT2D eigenvalue weighted by Crippen LogP contribution is -2.25. The summed E-state index contributed by atoms with van der Waals surface area (Å²) in [7, 11) is 0. The zero-order valence-electron chi connectivity index (χ0n) is 9.91. The Morgan fingerprint density at radius 2 is 1.93 bits per heavy atom. The Hall–Kier alpha value is -0.770. The number of aliphatic hydroxyl groups excluding tert-OH is 1. The fraction of sp³-hybridized carbons (Fsp3) is 0.909. The molecule has 90 valence electrons. The Morgan fingerprint density at radius 3 is 2.47 bits per heavy atom. The second kappa shape index (κ2) is 7.51. The summed E-state index contributed by atoms with van der Waals surface area (Å²) < 4.78 is 9.70. The lowest BCUT2D eigenvalue weighted by molar-refractivity contribution is 0.0133. The molecule has 0 aromatic rings. The highest BCUT2D eigenvalue weighted by molar-refractivity contribution is 5.59. The number of hydrogen-bond donors (Lipinski definition) is 1. The monoisotopic (exact) mass is 218 g/mol. The third kappa shape index (κ3) is 8.24. The average molecular weight is 218 g/mol. The minimum absolute atomic E-state index is 0.0177. The lowest BCUT2D eigenvalue weighted by atomic mass is 9.97. The quantitative estimate of drug-likeness (QED) is 0.526. The molecule has 15 heavy (non-hydrogen) atoms. The molecule has 0 amide bonds. The van der Waals surface area contributed by atoms with E-state index in [1.54, 1.807) is 0 Å². The summed E-state index contributed by atoms with van der Waals surface area (Å²) in [6.07, 6.45) is 2.37. The minimum atomic E-state index is -0.646. The van der Waals surface area contributed by atoms with Gasteiger partial charge in [-0.2, -0.15) is 0 Å². The summed E-state index contributed by atoms with van der Waals surface area (Å²) in [5, 5.41) is 8.92. The first-order valence-corrected chi connectivity index (χ1v) is 5.42.